The monoisotopic (exact) mass is 299 g/mol. The molecule has 1 aromatic rings. The van der Waals surface area contributed by atoms with Crippen LogP contribution in [0.5, 0.6) is 0 Å². The lowest BCUT2D eigenvalue weighted by atomic mass is 10.1. The lowest BCUT2D eigenvalue weighted by molar-refractivity contribution is -0.384. The van der Waals surface area contributed by atoms with Gasteiger partial charge in [-0.05, 0) is 12.0 Å². The molecule has 1 atom stereocenters. The predicted molar refractivity (Wildman–Crippen MR) is 71.5 cm³/mol. The van der Waals surface area contributed by atoms with E-state index in [9.17, 15) is 24.1 Å². The average molecular weight is 299 g/mol. The first-order valence-corrected chi connectivity index (χ1v) is 5.96. The van der Waals surface area contributed by atoms with Gasteiger partial charge in [0.05, 0.1) is 10.6 Å². The van der Waals surface area contributed by atoms with E-state index in [0.29, 0.717) is 0 Å². The number of nitro benzene ring substituents is 1. The van der Waals surface area contributed by atoms with Crippen molar-refractivity contribution in [2.45, 2.75) is 19.9 Å². The summed E-state index contributed by atoms with van der Waals surface area (Å²) in [6.45, 7) is 3.18. The molecule has 0 bridgehead atoms. The van der Waals surface area contributed by atoms with Crippen molar-refractivity contribution in [1.82, 2.24) is 5.32 Å². The maximum atomic E-state index is 13.5. The summed E-state index contributed by atoms with van der Waals surface area (Å²) in [5, 5.41) is 23.7. The van der Waals surface area contributed by atoms with E-state index >= 15 is 0 Å². The molecule has 0 aromatic heterocycles. The molecule has 0 aliphatic rings. The van der Waals surface area contributed by atoms with Gasteiger partial charge in [-0.2, -0.15) is 0 Å². The number of carboxylic acids is 1. The minimum Gasteiger partial charge on any atom is -0.480 e. The molecule has 0 radical (unpaired) electrons. The number of rotatable bonds is 5. The number of urea groups is 1. The van der Waals surface area contributed by atoms with Crippen LogP contribution in [-0.4, -0.2) is 28.1 Å². The molecule has 0 aliphatic carbocycles. The number of nitrogens with one attached hydrogen (secondary N) is 2. The third-order valence-electron chi connectivity index (χ3n) is 2.63. The fraction of sp³-hybridized carbons (Fsp3) is 0.333. The van der Waals surface area contributed by atoms with Gasteiger partial charge in [0, 0.05) is 12.1 Å². The first-order valence-electron chi connectivity index (χ1n) is 5.96. The van der Waals surface area contributed by atoms with Crippen molar-refractivity contribution >= 4 is 23.4 Å². The largest absolute Gasteiger partial charge is 0.480 e. The Kier molecular flexibility index (Phi) is 5.17. The van der Waals surface area contributed by atoms with Crippen LogP contribution in [0, 0.1) is 21.8 Å². The minimum absolute atomic E-state index is 0.386. The number of aliphatic carboxylic acids is 1. The fourth-order valence-corrected chi connectivity index (χ4v) is 1.54. The molecule has 1 aromatic carbocycles. The van der Waals surface area contributed by atoms with Crippen molar-refractivity contribution in [3.8, 4) is 0 Å². The Hall–Kier alpha value is -2.71. The topological polar surface area (TPSA) is 122 Å². The number of amides is 2. The summed E-state index contributed by atoms with van der Waals surface area (Å²) in [5.41, 5.74) is -0.806. The standard InChI is InChI=1S/C12H14FN3O5/c1-6(2)10(11(17)18)15-12(19)14-9-5-7(16(20)21)3-4-8(9)13/h3-6,10H,1-2H3,(H,17,18)(H2,14,15,19). The van der Waals surface area contributed by atoms with Gasteiger partial charge in [0.25, 0.3) is 5.69 Å². The lowest BCUT2D eigenvalue weighted by Crippen LogP contribution is -2.46. The highest BCUT2D eigenvalue weighted by Crippen LogP contribution is 2.21. The number of nitro groups is 1. The number of carbonyl (C=O) groups excluding carboxylic acids is 1. The molecule has 0 heterocycles. The number of hydrogen-bond acceptors (Lipinski definition) is 4. The molecule has 2 amide bonds. The number of hydrogen-bond donors (Lipinski definition) is 3. The molecule has 21 heavy (non-hydrogen) atoms. The molecule has 0 spiro atoms. The lowest BCUT2D eigenvalue weighted by Gasteiger charge is -2.18. The Labute approximate surface area is 119 Å². The van der Waals surface area contributed by atoms with Crippen LogP contribution in [0.4, 0.5) is 20.6 Å². The van der Waals surface area contributed by atoms with Crippen LogP contribution in [0.2, 0.25) is 0 Å². The average Bonchev–Trinajstić information content (AvgIpc) is 2.37. The molecular formula is C12H14FN3O5. The maximum Gasteiger partial charge on any atom is 0.326 e. The Bertz CT molecular complexity index is 576. The van der Waals surface area contributed by atoms with Crippen molar-refractivity contribution < 1.29 is 24.0 Å². The van der Waals surface area contributed by atoms with E-state index in [4.69, 9.17) is 5.11 Å². The molecular weight excluding hydrogens is 285 g/mol. The summed E-state index contributed by atoms with van der Waals surface area (Å²) in [6, 6.07) is 0.514. The highest BCUT2D eigenvalue weighted by atomic mass is 19.1. The van der Waals surface area contributed by atoms with Crippen LogP contribution in [0.3, 0.4) is 0 Å². The third-order valence-corrected chi connectivity index (χ3v) is 2.63. The molecule has 9 heteroatoms. The zero-order chi connectivity index (χ0) is 16.2. The van der Waals surface area contributed by atoms with E-state index in [1.165, 1.54) is 0 Å². The summed E-state index contributed by atoms with van der Waals surface area (Å²) in [7, 11) is 0. The zero-order valence-electron chi connectivity index (χ0n) is 11.3. The molecule has 0 saturated heterocycles. The van der Waals surface area contributed by atoms with Gasteiger partial charge in [0.1, 0.15) is 11.9 Å². The number of benzene rings is 1. The highest BCUT2D eigenvalue weighted by molar-refractivity contribution is 5.92. The number of carboxylic acid groups (broad SMARTS) is 1. The number of halogens is 1. The first-order chi connectivity index (χ1) is 9.72. The summed E-state index contributed by atoms with van der Waals surface area (Å²) in [4.78, 5) is 32.4. The van der Waals surface area contributed by atoms with Crippen molar-refractivity contribution in [1.29, 1.82) is 0 Å². The van der Waals surface area contributed by atoms with E-state index in [-0.39, 0.29) is 5.92 Å². The number of non-ortho nitro benzene ring substituents is 1. The van der Waals surface area contributed by atoms with Crippen LogP contribution in [-0.2, 0) is 4.79 Å². The summed E-state index contributed by atoms with van der Waals surface area (Å²) >= 11 is 0. The molecule has 1 rings (SSSR count). The summed E-state index contributed by atoms with van der Waals surface area (Å²) in [6.07, 6.45) is 0. The van der Waals surface area contributed by atoms with Gasteiger partial charge in [0.2, 0.25) is 0 Å². The minimum atomic E-state index is -1.24. The summed E-state index contributed by atoms with van der Waals surface area (Å²) < 4.78 is 13.5. The smallest absolute Gasteiger partial charge is 0.326 e. The fourth-order valence-electron chi connectivity index (χ4n) is 1.54. The van der Waals surface area contributed by atoms with Gasteiger partial charge in [-0.15, -0.1) is 0 Å². The van der Waals surface area contributed by atoms with E-state index in [1.807, 2.05) is 0 Å². The van der Waals surface area contributed by atoms with Crippen LogP contribution in [0.15, 0.2) is 18.2 Å². The molecule has 1 unspecified atom stereocenters. The second-order valence-corrected chi connectivity index (χ2v) is 4.58. The van der Waals surface area contributed by atoms with Crippen LogP contribution >= 0.6 is 0 Å². The van der Waals surface area contributed by atoms with Crippen molar-refractivity contribution in [2.75, 3.05) is 5.32 Å². The van der Waals surface area contributed by atoms with Crippen molar-refractivity contribution in [2.24, 2.45) is 5.92 Å². The Morgan fingerprint density at radius 1 is 1.38 bits per heavy atom. The van der Waals surface area contributed by atoms with Gasteiger partial charge in [-0.1, -0.05) is 13.8 Å². The molecule has 3 N–H and O–H groups in total. The van der Waals surface area contributed by atoms with E-state index in [1.54, 1.807) is 13.8 Å². The maximum absolute atomic E-state index is 13.5. The second kappa shape index (κ2) is 6.64. The van der Waals surface area contributed by atoms with Crippen LogP contribution in [0.25, 0.3) is 0 Å². The van der Waals surface area contributed by atoms with E-state index < -0.39 is 40.2 Å². The van der Waals surface area contributed by atoms with Gasteiger partial charge >= 0.3 is 12.0 Å². The molecule has 8 nitrogen and oxygen atoms in total. The van der Waals surface area contributed by atoms with E-state index in [0.717, 1.165) is 18.2 Å². The van der Waals surface area contributed by atoms with Crippen molar-refractivity contribution in [3.05, 3.63) is 34.1 Å². The van der Waals surface area contributed by atoms with Crippen LogP contribution < -0.4 is 10.6 Å². The molecule has 114 valence electrons. The molecule has 0 fully saturated rings. The molecule has 0 saturated carbocycles. The summed E-state index contributed by atoms with van der Waals surface area (Å²) in [5.74, 6) is -2.49. The first kappa shape index (κ1) is 16.3. The predicted octanol–water partition coefficient (Wildman–Crippen LogP) is 1.96. The second-order valence-electron chi connectivity index (χ2n) is 4.58. The number of carbonyl (C=O) groups is 2. The van der Waals surface area contributed by atoms with Gasteiger partial charge in [-0.25, -0.2) is 14.0 Å². The Morgan fingerprint density at radius 3 is 2.48 bits per heavy atom. The third kappa shape index (κ3) is 4.41. The quantitative estimate of drug-likeness (QED) is 0.566. The SMILES string of the molecule is CC(C)C(NC(=O)Nc1cc([N+](=O)[O-])ccc1F)C(=O)O. The Morgan fingerprint density at radius 2 is 2.00 bits per heavy atom. The van der Waals surface area contributed by atoms with Gasteiger partial charge < -0.3 is 15.7 Å². The number of nitrogens with zero attached hydrogens (tertiary/aromatic N) is 1. The normalized spacial score (nSPS) is 11.8. The zero-order valence-corrected chi connectivity index (χ0v) is 11.3. The van der Waals surface area contributed by atoms with Crippen LogP contribution in [0.1, 0.15) is 13.8 Å². The number of anilines is 1. The molecule has 0 aliphatic heterocycles. The van der Waals surface area contributed by atoms with Gasteiger partial charge in [-0.3, -0.25) is 10.1 Å². The van der Waals surface area contributed by atoms with E-state index in [2.05, 4.69) is 10.6 Å². The Balaban J connectivity index is 2.85. The van der Waals surface area contributed by atoms with Crippen molar-refractivity contribution in [3.63, 3.8) is 0 Å². The highest BCUT2D eigenvalue weighted by Gasteiger charge is 2.24. The van der Waals surface area contributed by atoms with Gasteiger partial charge in [0.15, 0.2) is 0 Å².